The quantitative estimate of drug-likeness (QED) is 0.878. The van der Waals surface area contributed by atoms with Gasteiger partial charge in [-0.3, -0.25) is 4.79 Å². The van der Waals surface area contributed by atoms with Crippen LogP contribution in [0.5, 0.6) is 0 Å². The van der Waals surface area contributed by atoms with Gasteiger partial charge in [-0.25, -0.2) is 9.97 Å². The van der Waals surface area contributed by atoms with E-state index in [0.29, 0.717) is 5.16 Å². The lowest BCUT2D eigenvalue weighted by Crippen LogP contribution is -2.09. The number of halogens is 1. The van der Waals surface area contributed by atoms with Gasteiger partial charge in [-0.1, -0.05) is 13.3 Å². The van der Waals surface area contributed by atoms with Crippen LogP contribution in [0.25, 0.3) is 0 Å². The molecule has 18 heavy (non-hydrogen) atoms. The van der Waals surface area contributed by atoms with Gasteiger partial charge in [0, 0.05) is 22.4 Å². The van der Waals surface area contributed by atoms with Gasteiger partial charge in [0.2, 0.25) is 0 Å². The van der Waals surface area contributed by atoms with Gasteiger partial charge in [0.15, 0.2) is 5.16 Å². The number of hydrogen-bond acceptors (Lipinski definition) is 4. The van der Waals surface area contributed by atoms with Crippen molar-refractivity contribution >= 4 is 27.7 Å². The fourth-order valence-corrected chi connectivity index (χ4v) is 2.43. The molecule has 0 fully saturated rings. The molecule has 0 atom stereocenters. The second-order valence-corrected chi connectivity index (χ2v) is 5.63. The zero-order valence-corrected chi connectivity index (χ0v) is 12.2. The highest BCUT2D eigenvalue weighted by Gasteiger charge is 2.04. The normalized spacial score (nSPS) is 10.6. The Kier molecular flexibility index (Phi) is 4.54. The molecular formula is C12H12BrN3OS. The van der Waals surface area contributed by atoms with Crippen molar-refractivity contribution in [2.24, 2.45) is 0 Å². The predicted molar refractivity (Wildman–Crippen MR) is 74.9 cm³/mol. The van der Waals surface area contributed by atoms with Crippen LogP contribution in [-0.4, -0.2) is 15.0 Å². The van der Waals surface area contributed by atoms with Gasteiger partial charge < -0.3 is 4.98 Å². The number of aryl methyl sites for hydroxylation is 1. The van der Waals surface area contributed by atoms with Crippen molar-refractivity contribution in [2.45, 2.75) is 29.9 Å². The number of aromatic nitrogens is 3. The highest BCUT2D eigenvalue weighted by Crippen LogP contribution is 2.22. The van der Waals surface area contributed by atoms with Crippen molar-refractivity contribution in [1.29, 1.82) is 0 Å². The summed E-state index contributed by atoms with van der Waals surface area (Å²) in [5.74, 6) is 0. The van der Waals surface area contributed by atoms with Gasteiger partial charge in [0.05, 0.1) is 0 Å². The van der Waals surface area contributed by atoms with Gasteiger partial charge in [0.1, 0.15) is 5.03 Å². The van der Waals surface area contributed by atoms with E-state index in [0.717, 1.165) is 28.0 Å². The fraction of sp³-hybridized carbons (Fsp3) is 0.250. The Morgan fingerprint density at radius 1 is 1.44 bits per heavy atom. The van der Waals surface area contributed by atoms with Gasteiger partial charge in [0.25, 0.3) is 5.56 Å². The van der Waals surface area contributed by atoms with Crippen LogP contribution in [0.2, 0.25) is 0 Å². The van der Waals surface area contributed by atoms with Gasteiger partial charge in [-0.05, 0) is 46.2 Å². The molecule has 0 aliphatic rings. The van der Waals surface area contributed by atoms with E-state index in [1.807, 2.05) is 12.1 Å². The van der Waals surface area contributed by atoms with E-state index in [1.165, 1.54) is 11.8 Å². The molecule has 1 N–H and O–H groups in total. The van der Waals surface area contributed by atoms with Crippen molar-refractivity contribution in [3.8, 4) is 0 Å². The molecule has 2 rings (SSSR count). The minimum absolute atomic E-state index is 0.118. The minimum atomic E-state index is -0.118. The number of rotatable bonds is 4. The summed E-state index contributed by atoms with van der Waals surface area (Å²) in [7, 11) is 0. The molecule has 0 bridgehead atoms. The van der Waals surface area contributed by atoms with Crippen LogP contribution < -0.4 is 5.56 Å². The first-order valence-corrected chi connectivity index (χ1v) is 7.18. The molecular weight excluding hydrogens is 314 g/mol. The molecule has 2 aromatic rings. The molecule has 2 heterocycles. The number of hydrogen-bond donors (Lipinski definition) is 1. The highest BCUT2D eigenvalue weighted by atomic mass is 79.9. The first-order chi connectivity index (χ1) is 8.67. The Morgan fingerprint density at radius 3 is 2.94 bits per heavy atom. The average molecular weight is 326 g/mol. The first kappa shape index (κ1) is 13.3. The van der Waals surface area contributed by atoms with E-state index in [4.69, 9.17) is 0 Å². The van der Waals surface area contributed by atoms with Crippen LogP contribution in [-0.2, 0) is 6.42 Å². The SMILES string of the molecule is CCCc1cc(=O)[nH]c(Sc2ccc(Br)cn2)n1. The summed E-state index contributed by atoms with van der Waals surface area (Å²) in [6.07, 6.45) is 3.50. The number of H-pyrrole nitrogens is 1. The first-order valence-electron chi connectivity index (χ1n) is 5.57. The monoisotopic (exact) mass is 325 g/mol. The molecule has 0 spiro atoms. The standard InChI is InChI=1S/C12H12BrN3OS/c1-2-3-9-6-10(17)16-12(15-9)18-11-5-4-8(13)7-14-11/h4-7H,2-3H2,1H3,(H,15,16,17). The predicted octanol–water partition coefficient (Wildman–Crippen LogP) is 3.03. The molecule has 94 valence electrons. The summed E-state index contributed by atoms with van der Waals surface area (Å²) >= 11 is 4.68. The third-order valence-corrected chi connectivity index (χ3v) is 3.49. The van der Waals surface area contributed by atoms with E-state index in [-0.39, 0.29) is 5.56 Å². The molecule has 6 heteroatoms. The molecule has 0 aliphatic heterocycles. The number of nitrogens with zero attached hydrogens (tertiary/aromatic N) is 2. The van der Waals surface area contributed by atoms with Gasteiger partial charge in [-0.2, -0.15) is 0 Å². The molecule has 0 radical (unpaired) electrons. The second-order valence-electron chi connectivity index (χ2n) is 3.71. The summed E-state index contributed by atoms with van der Waals surface area (Å²) in [6.45, 7) is 2.06. The molecule has 0 saturated carbocycles. The number of nitrogens with one attached hydrogen (secondary N) is 1. The third-order valence-electron chi connectivity index (χ3n) is 2.18. The Labute approximate surface area is 117 Å². The van der Waals surface area contributed by atoms with Crippen molar-refractivity contribution in [2.75, 3.05) is 0 Å². The highest BCUT2D eigenvalue weighted by molar-refractivity contribution is 9.10. The van der Waals surface area contributed by atoms with Gasteiger partial charge in [-0.15, -0.1) is 0 Å². The van der Waals surface area contributed by atoms with Gasteiger partial charge >= 0.3 is 0 Å². The van der Waals surface area contributed by atoms with E-state index in [1.54, 1.807) is 12.3 Å². The third kappa shape index (κ3) is 3.68. The number of aromatic amines is 1. The lowest BCUT2D eigenvalue weighted by atomic mass is 10.2. The smallest absolute Gasteiger partial charge is 0.251 e. The maximum Gasteiger partial charge on any atom is 0.251 e. The largest absolute Gasteiger partial charge is 0.301 e. The van der Waals surface area contributed by atoms with E-state index < -0.39 is 0 Å². The summed E-state index contributed by atoms with van der Waals surface area (Å²) in [5, 5.41) is 1.38. The summed E-state index contributed by atoms with van der Waals surface area (Å²) in [5.41, 5.74) is 0.703. The van der Waals surface area contributed by atoms with E-state index in [2.05, 4.69) is 37.8 Å². The lowest BCUT2D eigenvalue weighted by Gasteiger charge is -2.02. The summed E-state index contributed by atoms with van der Waals surface area (Å²) in [6, 6.07) is 5.33. The topological polar surface area (TPSA) is 58.6 Å². The zero-order chi connectivity index (χ0) is 13.0. The zero-order valence-electron chi connectivity index (χ0n) is 9.81. The summed E-state index contributed by atoms with van der Waals surface area (Å²) in [4.78, 5) is 22.8. The Balaban J connectivity index is 2.23. The maximum atomic E-state index is 11.5. The Hall–Kier alpha value is -1.14. The molecule has 2 aromatic heterocycles. The molecule has 0 amide bonds. The Morgan fingerprint density at radius 2 is 2.28 bits per heavy atom. The maximum absolute atomic E-state index is 11.5. The minimum Gasteiger partial charge on any atom is -0.301 e. The van der Waals surface area contributed by atoms with E-state index >= 15 is 0 Å². The van der Waals surface area contributed by atoms with E-state index in [9.17, 15) is 4.79 Å². The molecule has 0 unspecified atom stereocenters. The van der Waals surface area contributed by atoms with Crippen LogP contribution in [0.15, 0.2) is 43.8 Å². The van der Waals surface area contributed by atoms with Crippen LogP contribution >= 0.6 is 27.7 Å². The van der Waals surface area contributed by atoms with Crippen LogP contribution in [0.3, 0.4) is 0 Å². The molecule has 4 nitrogen and oxygen atoms in total. The molecule has 0 aliphatic carbocycles. The second kappa shape index (κ2) is 6.15. The number of pyridine rings is 1. The van der Waals surface area contributed by atoms with Crippen molar-refractivity contribution in [1.82, 2.24) is 15.0 Å². The van der Waals surface area contributed by atoms with Crippen molar-refractivity contribution in [3.05, 3.63) is 44.9 Å². The fourth-order valence-electron chi connectivity index (χ4n) is 1.44. The van der Waals surface area contributed by atoms with Crippen molar-refractivity contribution in [3.63, 3.8) is 0 Å². The van der Waals surface area contributed by atoms with Crippen molar-refractivity contribution < 1.29 is 0 Å². The molecule has 0 saturated heterocycles. The lowest BCUT2D eigenvalue weighted by molar-refractivity contribution is 0.815. The van der Waals surface area contributed by atoms with Crippen LogP contribution in [0.1, 0.15) is 19.0 Å². The summed E-state index contributed by atoms with van der Waals surface area (Å²) < 4.78 is 0.924. The average Bonchev–Trinajstić information content (AvgIpc) is 2.32. The molecule has 0 aromatic carbocycles. The Bertz CT molecular complexity index is 583. The van der Waals surface area contributed by atoms with Crippen LogP contribution in [0.4, 0.5) is 0 Å². The van der Waals surface area contributed by atoms with Crippen LogP contribution in [0, 0.1) is 0 Å².